The summed E-state index contributed by atoms with van der Waals surface area (Å²) in [5.41, 5.74) is 0.518. The number of halogens is 2. The number of aryl methyl sites for hydroxylation is 1. The molecule has 3 fully saturated rings. The zero-order valence-electron chi connectivity index (χ0n) is 29.5. The predicted octanol–water partition coefficient (Wildman–Crippen LogP) is 5.78. The number of anilines is 1. The normalized spacial score (nSPS) is 26.6. The van der Waals surface area contributed by atoms with Crippen LogP contribution in [0.15, 0.2) is 73.8 Å². The number of amides is 3. The standard InChI is InChI=1S/C39H47BrClN3O7/c1-7-10-19-29(46)42(6)24(5)33(25-16-12-11-13-17-25)50-38(49)30-31-36(47)44(26(9-3)22-45)35(39(31)21-27(40)34(30)51-39)37(48)43(20-8-2)32-23(4)15-14-18-28(32)41/h7-8,11-18,24,26-27,30-31,33-35,45H,1-2,9-10,19-22H2,3-6H3/t24-,26+,27?,30-,31+,33+,34-,35-,39+/m1/s1. The van der Waals surface area contributed by atoms with Gasteiger partial charge in [-0.2, -0.15) is 0 Å². The number of benzene rings is 2. The van der Waals surface area contributed by atoms with Crippen molar-refractivity contribution in [2.45, 2.75) is 87.2 Å². The maximum absolute atomic E-state index is 15.0. The lowest BCUT2D eigenvalue weighted by Crippen LogP contribution is -2.59. The fourth-order valence-electron chi connectivity index (χ4n) is 8.08. The summed E-state index contributed by atoms with van der Waals surface area (Å²) in [5.74, 6) is -3.81. The Balaban J connectivity index is 1.56. The average Bonchev–Trinajstić information content (AvgIpc) is 3.72. The molecule has 3 heterocycles. The number of alkyl halides is 1. The summed E-state index contributed by atoms with van der Waals surface area (Å²) in [4.78, 5) is 61.5. The molecule has 3 aliphatic rings. The summed E-state index contributed by atoms with van der Waals surface area (Å²) in [6, 6.07) is 12.1. The van der Waals surface area contributed by atoms with Crippen LogP contribution in [0.2, 0.25) is 5.02 Å². The van der Waals surface area contributed by atoms with E-state index in [1.807, 2.05) is 57.2 Å². The second-order valence-electron chi connectivity index (χ2n) is 13.6. The molecule has 2 aromatic rings. The van der Waals surface area contributed by atoms with Crippen molar-refractivity contribution in [2.24, 2.45) is 11.8 Å². The largest absolute Gasteiger partial charge is 0.455 e. The molecule has 0 aliphatic carbocycles. The first-order chi connectivity index (χ1) is 24.4. The molecular formula is C39H47BrClN3O7. The summed E-state index contributed by atoms with van der Waals surface area (Å²) in [6.45, 7) is 12.8. The fraction of sp³-hybridized carbons (Fsp3) is 0.487. The highest BCUT2D eigenvalue weighted by Crippen LogP contribution is 2.61. The molecule has 1 unspecified atom stereocenters. The van der Waals surface area contributed by atoms with E-state index >= 15 is 0 Å². The summed E-state index contributed by atoms with van der Waals surface area (Å²) < 4.78 is 13.1. The van der Waals surface area contributed by atoms with Gasteiger partial charge in [0, 0.05) is 24.8 Å². The van der Waals surface area contributed by atoms with Crippen LogP contribution in [0.5, 0.6) is 0 Å². The third-order valence-electron chi connectivity index (χ3n) is 10.7. The number of aliphatic hydroxyl groups is 1. The third-order valence-corrected chi connectivity index (χ3v) is 11.9. The van der Waals surface area contributed by atoms with Crippen molar-refractivity contribution in [3.8, 4) is 0 Å². The van der Waals surface area contributed by atoms with Gasteiger partial charge in [0.05, 0.1) is 47.3 Å². The Kier molecular flexibility index (Phi) is 12.2. The fourth-order valence-corrected chi connectivity index (χ4v) is 9.35. The molecule has 2 aromatic carbocycles. The maximum Gasteiger partial charge on any atom is 0.313 e. The minimum absolute atomic E-state index is 0.0981. The minimum Gasteiger partial charge on any atom is -0.455 e. The van der Waals surface area contributed by atoms with Gasteiger partial charge in [-0.25, -0.2) is 0 Å². The van der Waals surface area contributed by atoms with Crippen molar-refractivity contribution in [1.29, 1.82) is 0 Å². The number of ether oxygens (including phenoxy) is 2. The molecule has 274 valence electrons. The highest BCUT2D eigenvalue weighted by molar-refractivity contribution is 9.09. The Bertz CT molecular complexity index is 1630. The maximum atomic E-state index is 15.0. The van der Waals surface area contributed by atoms with Crippen LogP contribution < -0.4 is 4.90 Å². The number of rotatable bonds is 15. The number of allylic oxidation sites excluding steroid dienone is 1. The zero-order chi connectivity index (χ0) is 37.2. The molecule has 5 rings (SSSR count). The first-order valence-electron chi connectivity index (χ1n) is 17.4. The van der Waals surface area contributed by atoms with Crippen LogP contribution in [0.25, 0.3) is 0 Å². The summed E-state index contributed by atoms with van der Waals surface area (Å²) in [6.07, 6.45) is 3.03. The van der Waals surface area contributed by atoms with E-state index in [-0.39, 0.29) is 30.1 Å². The van der Waals surface area contributed by atoms with E-state index in [4.69, 9.17) is 21.1 Å². The topological polar surface area (TPSA) is 117 Å². The molecule has 10 nitrogen and oxygen atoms in total. The van der Waals surface area contributed by atoms with Crippen LogP contribution in [0.3, 0.4) is 0 Å². The van der Waals surface area contributed by atoms with Gasteiger partial charge in [0.15, 0.2) is 0 Å². The summed E-state index contributed by atoms with van der Waals surface area (Å²) in [7, 11) is 1.67. The highest BCUT2D eigenvalue weighted by Gasteiger charge is 2.77. The quantitative estimate of drug-likeness (QED) is 0.138. The predicted molar refractivity (Wildman–Crippen MR) is 199 cm³/mol. The van der Waals surface area contributed by atoms with Gasteiger partial charge in [-0.15, -0.1) is 13.2 Å². The summed E-state index contributed by atoms with van der Waals surface area (Å²) in [5, 5.41) is 10.9. The molecular weight excluding hydrogens is 738 g/mol. The second kappa shape index (κ2) is 16.0. The van der Waals surface area contributed by atoms with Gasteiger partial charge in [-0.05, 0) is 50.3 Å². The SMILES string of the molecule is C=CCCC(=O)N(C)[C@H](C)[C@H](OC(=O)[C@H]1[C@@H]2O[C@@]3(CC2Br)[C@@H]1C(=O)N([C@@H](CC)CO)[C@@H]3C(=O)N(CC=C)c1c(C)cccc1Cl)c1ccccc1. The average molecular weight is 785 g/mol. The van der Waals surface area contributed by atoms with E-state index in [9.17, 15) is 24.3 Å². The molecule has 1 spiro atoms. The Labute approximate surface area is 313 Å². The lowest BCUT2D eigenvalue weighted by atomic mass is 9.70. The van der Waals surface area contributed by atoms with Crippen LogP contribution in [-0.4, -0.2) is 93.5 Å². The van der Waals surface area contributed by atoms with Gasteiger partial charge < -0.3 is 29.3 Å². The number of carbonyl (C=O) groups is 4. The Hall–Kier alpha value is -3.51. The van der Waals surface area contributed by atoms with E-state index < -0.39 is 72.2 Å². The van der Waals surface area contributed by atoms with E-state index in [1.165, 1.54) is 9.80 Å². The first kappa shape index (κ1) is 38.7. The van der Waals surface area contributed by atoms with Crippen LogP contribution >= 0.6 is 27.5 Å². The number of likely N-dealkylation sites (tertiary alicyclic amines) is 1. The van der Waals surface area contributed by atoms with Gasteiger partial charge in [0.1, 0.15) is 17.7 Å². The monoisotopic (exact) mass is 783 g/mol. The number of carbonyl (C=O) groups excluding carboxylic acids is 4. The van der Waals surface area contributed by atoms with Crippen LogP contribution in [0.4, 0.5) is 5.69 Å². The van der Waals surface area contributed by atoms with Crippen molar-refractivity contribution in [3.63, 3.8) is 0 Å². The van der Waals surface area contributed by atoms with E-state index in [1.54, 1.807) is 36.2 Å². The van der Waals surface area contributed by atoms with Crippen molar-refractivity contribution in [1.82, 2.24) is 9.80 Å². The number of aliphatic hydroxyl groups excluding tert-OH is 1. The molecule has 3 aliphatic heterocycles. The van der Waals surface area contributed by atoms with Gasteiger partial charge in [0.25, 0.3) is 5.91 Å². The number of likely N-dealkylation sites (N-methyl/N-ethyl adjacent to an activating group) is 1. The molecule has 9 atom stereocenters. The van der Waals surface area contributed by atoms with Crippen molar-refractivity contribution < 1.29 is 33.8 Å². The number of esters is 1. The molecule has 0 saturated carbocycles. The zero-order valence-corrected chi connectivity index (χ0v) is 31.9. The van der Waals surface area contributed by atoms with E-state index in [2.05, 4.69) is 29.1 Å². The van der Waals surface area contributed by atoms with Crippen molar-refractivity contribution >= 4 is 56.9 Å². The molecule has 1 N–H and O–H groups in total. The summed E-state index contributed by atoms with van der Waals surface area (Å²) >= 11 is 10.4. The molecule has 3 saturated heterocycles. The Morgan fingerprint density at radius 2 is 1.88 bits per heavy atom. The van der Waals surface area contributed by atoms with Gasteiger partial charge in [-0.3, -0.25) is 19.2 Å². The number of hydrogen-bond donors (Lipinski definition) is 1. The molecule has 12 heteroatoms. The Morgan fingerprint density at radius 1 is 1.18 bits per heavy atom. The first-order valence-corrected chi connectivity index (χ1v) is 18.7. The third kappa shape index (κ3) is 6.90. The number of para-hydroxylation sites is 1. The van der Waals surface area contributed by atoms with Crippen LogP contribution in [0.1, 0.15) is 56.8 Å². The second-order valence-corrected chi connectivity index (χ2v) is 15.2. The van der Waals surface area contributed by atoms with Gasteiger partial charge in [-0.1, -0.05) is 89.1 Å². The van der Waals surface area contributed by atoms with Gasteiger partial charge >= 0.3 is 5.97 Å². The molecule has 0 aromatic heterocycles. The van der Waals surface area contributed by atoms with E-state index in [0.29, 0.717) is 29.1 Å². The van der Waals surface area contributed by atoms with E-state index in [0.717, 1.165) is 5.56 Å². The molecule has 0 radical (unpaired) electrons. The van der Waals surface area contributed by atoms with Crippen molar-refractivity contribution in [2.75, 3.05) is 25.1 Å². The van der Waals surface area contributed by atoms with Crippen LogP contribution in [0, 0.1) is 18.8 Å². The van der Waals surface area contributed by atoms with Gasteiger partial charge in [0.2, 0.25) is 11.8 Å². The number of hydrogen-bond acceptors (Lipinski definition) is 7. The molecule has 51 heavy (non-hydrogen) atoms. The smallest absolute Gasteiger partial charge is 0.313 e. The van der Waals surface area contributed by atoms with Crippen LogP contribution in [-0.2, 0) is 28.7 Å². The minimum atomic E-state index is -1.40. The molecule has 2 bridgehead atoms. The lowest BCUT2D eigenvalue weighted by Gasteiger charge is -2.39. The van der Waals surface area contributed by atoms with Crippen molar-refractivity contribution in [3.05, 3.63) is 90.0 Å². The Morgan fingerprint density at radius 3 is 2.49 bits per heavy atom. The lowest BCUT2D eigenvalue weighted by molar-refractivity contribution is -0.165. The molecule has 3 amide bonds. The number of nitrogens with zero attached hydrogens (tertiary/aromatic N) is 3. The highest BCUT2D eigenvalue weighted by atomic mass is 79.9. The number of fused-ring (bicyclic) bond motifs is 1.